The molecule has 3 heteroatoms. The van der Waals surface area contributed by atoms with Crippen LogP contribution in [-0.4, -0.2) is 11.5 Å². The second-order valence-corrected chi connectivity index (χ2v) is 5.26. The van der Waals surface area contributed by atoms with E-state index in [2.05, 4.69) is 47.6 Å². The van der Waals surface area contributed by atoms with Crippen molar-refractivity contribution in [2.24, 2.45) is 0 Å². The lowest BCUT2D eigenvalue weighted by atomic mass is 10.00. The lowest BCUT2D eigenvalue weighted by Gasteiger charge is -2.19. The van der Waals surface area contributed by atoms with E-state index in [1.54, 1.807) is 6.26 Å². The van der Waals surface area contributed by atoms with E-state index in [4.69, 9.17) is 4.42 Å². The van der Waals surface area contributed by atoms with Crippen LogP contribution in [0.5, 0.6) is 0 Å². The van der Waals surface area contributed by atoms with Crippen LogP contribution in [0, 0.1) is 0 Å². The Morgan fingerprint density at radius 2 is 2.10 bits per heavy atom. The highest BCUT2D eigenvalue weighted by atomic mass is 16.3. The molecule has 0 saturated heterocycles. The Labute approximate surface area is 125 Å². The Balaban J connectivity index is 1.97. The number of fused-ring (bicyclic) bond motifs is 1. The van der Waals surface area contributed by atoms with E-state index in [1.165, 1.54) is 16.3 Å². The maximum atomic E-state index is 5.20. The van der Waals surface area contributed by atoms with Gasteiger partial charge in [0.05, 0.1) is 24.3 Å². The average molecular weight is 280 g/mol. The van der Waals surface area contributed by atoms with Crippen LogP contribution in [0.15, 0.2) is 59.5 Å². The van der Waals surface area contributed by atoms with Crippen LogP contribution in [0.4, 0.5) is 0 Å². The van der Waals surface area contributed by atoms with Gasteiger partial charge >= 0.3 is 0 Å². The normalized spacial score (nSPS) is 12.6. The highest BCUT2D eigenvalue weighted by Gasteiger charge is 2.16. The quantitative estimate of drug-likeness (QED) is 0.738. The van der Waals surface area contributed by atoms with Gasteiger partial charge in [-0.2, -0.15) is 0 Å². The lowest BCUT2D eigenvalue weighted by Crippen LogP contribution is -2.25. The van der Waals surface area contributed by atoms with Gasteiger partial charge in [0.25, 0.3) is 0 Å². The molecule has 0 saturated carbocycles. The van der Waals surface area contributed by atoms with Gasteiger partial charge in [0.15, 0.2) is 0 Å². The van der Waals surface area contributed by atoms with Gasteiger partial charge in [0, 0.05) is 11.6 Å². The minimum Gasteiger partial charge on any atom is -0.472 e. The van der Waals surface area contributed by atoms with Crippen LogP contribution in [0.1, 0.15) is 30.6 Å². The molecule has 1 aromatic carbocycles. The van der Waals surface area contributed by atoms with Gasteiger partial charge < -0.3 is 9.73 Å². The van der Waals surface area contributed by atoms with Crippen molar-refractivity contribution in [3.63, 3.8) is 0 Å². The second kappa shape index (κ2) is 6.55. The molecule has 1 N–H and O–H groups in total. The molecule has 0 bridgehead atoms. The summed E-state index contributed by atoms with van der Waals surface area (Å²) in [6.07, 6.45) is 7.42. The van der Waals surface area contributed by atoms with Crippen molar-refractivity contribution in [1.29, 1.82) is 0 Å². The Bertz CT molecular complexity index is 686. The average Bonchev–Trinajstić information content (AvgIpc) is 3.04. The number of hydrogen-bond donors (Lipinski definition) is 1. The summed E-state index contributed by atoms with van der Waals surface area (Å²) in [5.74, 6) is 0. The molecule has 1 atom stereocenters. The van der Waals surface area contributed by atoms with Crippen LogP contribution in [0.2, 0.25) is 0 Å². The second-order valence-electron chi connectivity index (χ2n) is 5.26. The van der Waals surface area contributed by atoms with E-state index in [0.717, 1.165) is 25.1 Å². The third-order valence-corrected chi connectivity index (χ3v) is 3.70. The molecule has 108 valence electrons. The third-order valence-electron chi connectivity index (χ3n) is 3.70. The first-order chi connectivity index (χ1) is 10.4. The van der Waals surface area contributed by atoms with E-state index in [0.29, 0.717) is 0 Å². The summed E-state index contributed by atoms with van der Waals surface area (Å²) in [7, 11) is 0. The number of aromatic nitrogens is 1. The molecule has 1 unspecified atom stereocenters. The number of pyridine rings is 1. The molecule has 0 aliphatic heterocycles. The summed E-state index contributed by atoms with van der Waals surface area (Å²) in [5, 5.41) is 6.07. The predicted molar refractivity (Wildman–Crippen MR) is 85.2 cm³/mol. The number of nitrogens with one attached hydrogen (secondary N) is 1. The van der Waals surface area contributed by atoms with Crippen molar-refractivity contribution < 1.29 is 4.42 Å². The molecule has 2 heterocycles. The number of benzene rings is 1. The van der Waals surface area contributed by atoms with E-state index in [9.17, 15) is 0 Å². The van der Waals surface area contributed by atoms with Crippen LogP contribution in [0.3, 0.4) is 0 Å². The molecule has 0 amide bonds. The SMILES string of the molecule is CCCNC(Cc1ccoc1)c1nccc2ccccc12. The Kier molecular flexibility index (Phi) is 4.31. The molecule has 0 spiro atoms. The monoisotopic (exact) mass is 280 g/mol. The van der Waals surface area contributed by atoms with Crippen molar-refractivity contribution in [1.82, 2.24) is 10.3 Å². The standard InChI is InChI=1S/C18H20N2O/c1-2-9-19-17(12-14-8-11-21-13-14)18-16-6-4-3-5-15(16)7-10-20-18/h3-8,10-11,13,17,19H,2,9,12H2,1H3. The fraction of sp³-hybridized carbons (Fsp3) is 0.278. The van der Waals surface area contributed by atoms with E-state index < -0.39 is 0 Å². The summed E-state index contributed by atoms with van der Waals surface area (Å²) < 4.78 is 5.20. The first kappa shape index (κ1) is 13.8. The molecule has 3 nitrogen and oxygen atoms in total. The number of rotatable bonds is 6. The van der Waals surface area contributed by atoms with Crippen molar-refractivity contribution in [2.45, 2.75) is 25.8 Å². The predicted octanol–water partition coefficient (Wildman–Crippen LogP) is 4.11. The fourth-order valence-electron chi connectivity index (χ4n) is 2.65. The highest BCUT2D eigenvalue weighted by Crippen LogP contribution is 2.25. The van der Waals surface area contributed by atoms with Crippen molar-refractivity contribution in [3.05, 3.63) is 66.4 Å². The summed E-state index contributed by atoms with van der Waals surface area (Å²) in [4.78, 5) is 4.65. The summed E-state index contributed by atoms with van der Waals surface area (Å²) in [6, 6.07) is 12.7. The zero-order valence-corrected chi connectivity index (χ0v) is 12.3. The van der Waals surface area contributed by atoms with Gasteiger partial charge in [-0.15, -0.1) is 0 Å². The van der Waals surface area contributed by atoms with Gasteiger partial charge in [0.2, 0.25) is 0 Å². The van der Waals surface area contributed by atoms with Gasteiger partial charge in [0.1, 0.15) is 0 Å². The molecule has 0 fully saturated rings. The largest absolute Gasteiger partial charge is 0.472 e. The first-order valence-corrected chi connectivity index (χ1v) is 7.46. The fourth-order valence-corrected chi connectivity index (χ4v) is 2.65. The summed E-state index contributed by atoms with van der Waals surface area (Å²) in [5.41, 5.74) is 2.31. The zero-order chi connectivity index (χ0) is 14.5. The minimum atomic E-state index is 0.202. The summed E-state index contributed by atoms with van der Waals surface area (Å²) in [6.45, 7) is 3.16. The molecular weight excluding hydrogens is 260 g/mol. The third kappa shape index (κ3) is 3.14. The van der Waals surface area contributed by atoms with Gasteiger partial charge in [-0.1, -0.05) is 31.2 Å². The van der Waals surface area contributed by atoms with E-state index in [-0.39, 0.29) is 6.04 Å². The van der Waals surface area contributed by atoms with E-state index in [1.807, 2.05) is 18.5 Å². The number of furan rings is 1. The van der Waals surface area contributed by atoms with E-state index >= 15 is 0 Å². The van der Waals surface area contributed by atoms with Gasteiger partial charge in [-0.25, -0.2) is 0 Å². The maximum absolute atomic E-state index is 5.20. The van der Waals surface area contributed by atoms with Crippen LogP contribution in [0.25, 0.3) is 10.8 Å². The smallest absolute Gasteiger partial charge is 0.0935 e. The zero-order valence-electron chi connectivity index (χ0n) is 12.3. The molecule has 3 aromatic rings. The Hall–Kier alpha value is -2.13. The lowest BCUT2D eigenvalue weighted by molar-refractivity contribution is 0.514. The first-order valence-electron chi connectivity index (χ1n) is 7.46. The van der Waals surface area contributed by atoms with Crippen molar-refractivity contribution >= 4 is 10.8 Å². The Morgan fingerprint density at radius 1 is 1.19 bits per heavy atom. The van der Waals surface area contributed by atoms with Gasteiger partial charge in [-0.3, -0.25) is 4.98 Å². The molecule has 3 rings (SSSR count). The Morgan fingerprint density at radius 3 is 2.90 bits per heavy atom. The topological polar surface area (TPSA) is 38.1 Å². The molecule has 2 aromatic heterocycles. The van der Waals surface area contributed by atoms with Crippen LogP contribution in [-0.2, 0) is 6.42 Å². The minimum absolute atomic E-state index is 0.202. The van der Waals surface area contributed by atoms with Gasteiger partial charge in [-0.05, 0) is 42.5 Å². The van der Waals surface area contributed by atoms with Crippen LogP contribution < -0.4 is 5.32 Å². The highest BCUT2D eigenvalue weighted by molar-refractivity contribution is 5.84. The molecule has 0 radical (unpaired) electrons. The molecule has 21 heavy (non-hydrogen) atoms. The number of nitrogens with zero attached hydrogens (tertiary/aromatic N) is 1. The van der Waals surface area contributed by atoms with Crippen molar-refractivity contribution in [3.8, 4) is 0 Å². The number of hydrogen-bond acceptors (Lipinski definition) is 3. The molecule has 0 aliphatic carbocycles. The molecule has 0 aliphatic rings. The van der Waals surface area contributed by atoms with Crippen molar-refractivity contribution in [2.75, 3.05) is 6.54 Å². The van der Waals surface area contributed by atoms with Crippen LogP contribution >= 0.6 is 0 Å². The summed E-state index contributed by atoms with van der Waals surface area (Å²) >= 11 is 0. The molecular formula is C18H20N2O. The maximum Gasteiger partial charge on any atom is 0.0935 e.